The van der Waals surface area contributed by atoms with E-state index in [2.05, 4.69) is 6.92 Å². The number of ether oxygens (including phenoxy) is 2. The van der Waals surface area contributed by atoms with E-state index >= 15 is 0 Å². The summed E-state index contributed by atoms with van der Waals surface area (Å²) in [5, 5.41) is 0. The Kier molecular flexibility index (Phi) is 13.3. The van der Waals surface area contributed by atoms with Crippen molar-refractivity contribution in [1.29, 1.82) is 0 Å². The Balaban J connectivity index is 3.57. The minimum atomic E-state index is -0.537. The van der Waals surface area contributed by atoms with Gasteiger partial charge in [-0.15, -0.1) is 0 Å². The van der Waals surface area contributed by atoms with Crippen LogP contribution >= 0.6 is 0 Å². The summed E-state index contributed by atoms with van der Waals surface area (Å²) >= 11 is 0. The van der Waals surface area contributed by atoms with Crippen LogP contribution < -0.4 is 0 Å². The SMILES string of the molecule is CCCCCCCCCOC(=O)/C=C/C(=O)OCC=C(C)C. The molecule has 0 aliphatic carbocycles. The molecule has 4 nitrogen and oxygen atoms in total. The third kappa shape index (κ3) is 14.8. The Morgan fingerprint density at radius 3 is 1.95 bits per heavy atom. The highest BCUT2D eigenvalue weighted by molar-refractivity contribution is 5.91. The molecule has 0 aromatic rings. The number of unbranched alkanes of at least 4 members (excludes halogenated alkanes) is 6. The number of esters is 2. The van der Waals surface area contributed by atoms with Gasteiger partial charge < -0.3 is 9.47 Å². The molecule has 0 aromatic heterocycles. The number of rotatable bonds is 12. The van der Waals surface area contributed by atoms with Gasteiger partial charge in [-0.05, 0) is 26.3 Å². The monoisotopic (exact) mass is 310 g/mol. The molecule has 0 rings (SSSR count). The summed E-state index contributed by atoms with van der Waals surface area (Å²) in [5.41, 5.74) is 1.07. The predicted molar refractivity (Wildman–Crippen MR) is 88.5 cm³/mol. The van der Waals surface area contributed by atoms with Crippen molar-refractivity contribution in [1.82, 2.24) is 0 Å². The van der Waals surface area contributed by atoms with Crippen LogP contribution in [-0.2, 0) is 19.1 Å². The fourth-order valence-corrected chi connectivity index (χ4v) is 1.75. The number of hydrogen-bond acceptors (Lipinski definition) is 4. The minimum absolute atomic E-state index is 0.221. The van der Waals surface area contributed by atoms with Crippen LogP contribution in [0, 0.1) is 0 Å². The lowest BCUT2D eigenvalue weighted by Gasteiger charge is -2.02. The molecule has 0 saturated carbocycles. The fraction of sp³-hybridized carbons (Fsp3) is 0.667. The molecule has 126 valence electrons. The lowest BCUT2D eigenvalue weighted by molar-refractivity contribution is -0.140. The van der Waals surface area contributed by atoms with Crippen LogP contribution in [0.25, 0.3) is 0 Å². The van der Waals surface area contributed by atoms with Crippen molar-refractivity contribution in [3.05, 3.63) is 23.8 Å². The molecule has 0 aliphatic rings. The van der Waals surface area contributed by atoms with Crippen LogP contribution in [0.1, 0.15) is 65.7 Å². The van der Waals surface area contributed by atoms with E-state index in [1.165, 1.54) is 32.1 Å². The van der Waals surface area contributed by atoms with E-state index in [1.54, 1.807) is 6.08 Å². The van der Waals surface area contributed by atoms with Gasteiger partial charge in [0, 0.05) is 12.2 Å². The van der Waals surface area contributed by atoms with Crippen molar-refractivity contribution in [3.8, 4) is 0 Å². The van der Waals surface area contributed by atoms with Gasteiger partial charge in [0.25, 0.3) is 0 Å². The van der Waals surface area contributed by atoms with E-state index in [0.717, 1.165) is 30.6 Å². The largest absolute Gasteiger partial charge is 0.463 e. The van der Waals surface area contributed by atoms with Crippen LogP contribution in [0.2, 0.25) is 0 Å². The number of hydrogen-bond donors (Lipinski definition) is 0. The molecule has 0 amide bonds. The Morgan fingerprint density at radius 1 is 0.818 bits per heavy atom. The van der Waals surface area contributed by atoms with Gasteiger partial charge in [-0.25, -0.2) is 9.59 Å². The van der Waals surface area contributed by atoms with E-state index in [-0.39, 0.29) is 6.61 Å². The van der Waals surface area contributed by atoms with Crippen molar-refractivity contribution >= 4 is 11.9 Å². The molecule has 0 fully saturated rings. The Bertz CT molecular complexity index is 365. The van der Waals surface area contributed by atoms with Crippen molar-refractivity contribution < 1.29 is 19.1 Å². The van der Waals surface area contributed by atoms with Crippen molar-refractivity contribution in [2.24, 2.45) is 0 Å². The van der Waals surface area contributed by atoms with Crippen molar-refractivity contribution in [3.63, 3.8) is 0 Å². The molecule has 0 aromatic carbocycles. The zero-order valence-electron chi connectivity index (χ0n) is 14.2. The molecule has 0 N–H and O–H groups in total. The quantitative estimate of drug-likeness (QED) is 0.233. The van der Waals surface area contributed by atoms with E-state index in [1.807, 2.05) is 13.8 Å². The lowest BCUT2D eigenvalue weighted by Crippen LogP contribution is -2.05. The molecule has 0 heterocycles. The Hall–Kier alpha value is -1.58. The summed E-state index contributed by atoms with van der Waals surface area (Å²) in [7, 11) is 0. The van der Waals surface area contributed by atoms with Crippen molar-refractivity contribution in [2.45, 2.75) is 65.7 Å². The molecule has 22 heavy (non-hydrogen) atoms. The predicted octanol–water partition coefficient (Wildman–Crippen LogP) is 4.35. The second-order valence-corrected chi connectivity index (χ2v) is 5.53. The summed E-state index contributed by atoms with van der Waals surface area (Å²) in [5.74, 6) is -1.03. The Morgan fingerprint density at radius 2 is 1.36 bits per heavy atom. The highest BCUT2D eigenvalue weighted by atomic mass is 16.5. The third-order valence-corrected chi connectivity index (χ3v) is 3.06. The first-order chi connectivity index (χ1) is 10.6. The normalized spacial score (nSPS) is 10.5. The molecule has 0 saturated heterocycles. The average Bonchev–Trinajstić information content (AvgIpc) is 2.47. The summed E-state index contributed by atoms with van der Waals surface area (Å²) in [6.45, 7) is 6.67. The molecular weight excluding hydrogens is 280 g/mol. The van der Waals surface area contributed by atoms with E-state index in [9.17, 15) is 9.59 Å². The van der Waals surface area contributed by atoms with Crippen LogP contribution in [0.5, 0.6) is 0 Å². The second-order valence-electron chi connectivity index (χ2n) is 5.53. The molecule has 0 bridgehead atoms. The topological polar surface area (TPSA) is 52.6 Å². The molecule has 0 spiro atoms. The number of carbonyl (C=O) groups excluding carboxylic acids is 2. The van der Waals surface area contributed by atoms with E-state index in [0.29, 0.717) is 6.61 Å². The van der Waals surface area contributed by atoms with Gasteiger partial charge in [0.2, 0.25) is 0 Å². The van der Waals surface area contributed by atoms with Gasteiger partial charge in [0.1, 0.15) is 6.61 Å². The zero-order chi connectivity index (χ0) is 16.6. The van der Waals surface area contributed by atoms with Gasteiger partial charge >= 0.3 is 11.9 Å². The standard InChI is InChI=1S/C18H30O4/c1-4-5-6-7-8-9-10-14-21-17(19)11-12-18(20)22-15-13-16(2)3/h11-13H,4-10,14-15H2,1-3H3/b12-11+. The summed E-state index contributed by atoms with van der Waals surface area (Å²) in [4.78, 5) is 22.7. The van der Waals surface area contributed by atoms with Gasteiger partial charge in [0.15, 0.2) is 0 Å². The first kappa shape index (κ1) is 20.4. The average molecular weight is 310 g/mol. The summed E-state index contributed by atoms with van der Waals surface area (Å²) in [6.07, 6.45) is 12.2. The maximum Gasteiger partial charge on any atom is 0.331 e. The van der Waals surface area contributed by atoms with Gasteiger partial charge in [-0.1, -0.05) is 51.0 Å². The van der Waals surface area contributed by atoms with E-state index in [4.69, 9.17) is 9.47 Å². The second kappa shape index (κ2) is 14.4. The first-order valence-corrected chi connectivity index (χ1v) is 8.21. The van der Waals surface area contributed by atoms with Crippen molar-refractivity contribution in [2.75, 3.05) is 13.2 Å². The van der Waals surface area contributed by atoms with Crippen LogP contribution in [0.4, 0.5) is 0 Å². The molecule has 0 aliphatic heterocycles. The van der Waals surface area contributed by atoms with Crippen LogP contribution in [0.3, 0.4) is 0 Å². The van der Waals surface area contributed by atoms with Gasteiger partial charge in [-0.2, -0.15) is 0 Å². The maximum atomic E-state index is 11.4. The molecule has 0 unspecified atom stereocenters. The smallest absolute Gasteiger partial charge is 0.331 e. The first-order valence-electron chi connectivity index (χ1n) is 8.21. The highest BCUT2D eigenvalue weighted by Crippen LogP contribution is 2.06. The molecule has 4 heteroatoms. The van der Waals surface area contributed by atoms with Gasteiger partial charge in [0.05, 0.1) is 6.61 Å². The Labute approximate surface area is 134 Å². The summed E-state index contributed by atoms with van der Waals surface area (Å²) < 4.78 is 9.90. The number of carbonyl (C=O) groups is 2. The van der Waals surface area contributed by atoms with Gasteiger partial charge in [-0.3, -0.25) is 0 Å². The van der Waals surface area contributed by atoms with Crippen LogP contribution in [-0.4, -0.2) is 25.2 Å². The molecule has 0 radical (unpaired) electrons. The van der Waals surface area contributed by atoms with E-state index < -0.39 is 11.9 Å². The highest BCUT2D eigenvalue weighted by Gasteiger charge is 2.00. The fourth-order valence-electron chi connectivity index (χ4n) is 1.75. The minimum Gasteiger partial charge on any atom is -0.463 e. The molecular formula is C18H30O4. The summed E-state index contributed by atoms with van der Waals surface area (Å²) in [6, 6.07) is 0. The number of allylic oxidation sites excluding steroid dienone is 1. The lowest BCUT2D eigenvalue weighted by atomic mass is 10.1. The zero-order valence-corrected chi connectivity index (χ0v) is 14.2. The molecule has 0 atom stereocenters. The maximum absolute atomic E-state index is 11.4. The third-order valence-electron chi connectivity index (χ3n) is 3.06. The van der Waals surface area contributed by atoms with Crippen LogP contribution in [0.15, 0.2) is 23.8 Å².